The lowest BCUT2D eigenvalue weighted by atomic mass is 10.3. The number of halogens is 3. The summed E-state index contributed by atoms with van der Waals surface area (Å²) in [6.07, 6.45) is -2.14. The highest BCUT2D eigenvalue weighted by molar-refractivity contribution is 5.56. The van der Waals surface area contributed by atoms with Gasteiger partial charge in [-0.25, -0.2) is 4.98 Å². The van der Waals surface area contributed by atoms with Crippen molar-refractivity contribution in [3.63, 3.8) is 0 Å². The molecule has 1 saturated carbocycles. The van der Waals surface area contributed by atoms with Crippen molar-refractivity contribution >= 4 is 5.69 Å². The van der Waals surface area contributed by atoms with Crippen LogP contribution in [-0.2, 0) is 6.54 Å². The summed E-state index contributed by atoms with van der Waals surface area (Å²) in [6, 6.07) is 6.49. The van der Waals surface area contributed by atoms with Gasteiger partial charge >= 0.3 is 6.18 Å². The van der Waals surface area contributed by atoms with E-state index in [2.05, 4.69) is 20.5 Å². The number of ether oxygens (including phenoxy) is 1. The standard InChI is InChI=1S/C14H15F3N4O/c15-14(16,17)8-22-11-4-2-1-3-10(11)18-7-12-19-13(21-20-12)9-5-6-9/h1-4,9,18H,5-8H2,(H,19,20,21). The quantitative estimate of drug-likeness (QED) is 0.859. The fraction of sp³-hybridized carbons (Fsp3) is 0.429. The summed E-state index contributed by atoms with van der Waals surface area (Å²) in [5.41, 5.74) is 0.483. The van der Waals surface area contributed by atoms with Gasteiger partial charge in [0.1, 0.15) is 11.6 Å². The first-order chi connectivity index (χ1) is 10.5. The maximum atomic E-state index is 12.2. The molecule has 0 amide bonds. The third kappa shape index (κ3) is 3.90. The fourth-order valence-electron chi connectivity index (χ4n) is 1.99. The van der Waals surface area contributed by atoms with Gasteiger partial charge in [0.25, 0.3) is 0 Å². The van der Waals surface area contributed by atoms with Crippen LogP contribution >= 0.6 is 0 Å². The van der Waals surface area contributed by atoms with Gasteiger partial charge in [-0.1, -0.05) is 12.1 Å². The lowest BCUT2D eigenvalue weighted by Gasteiger charge is -2.13. The van der Waals surface area contributed by atoms with Crippen molar-refractivity contribution in [1.29, 1.82) is 0 Å². The monoisotopic (exact) mass is 312 g/mol. The maximum absolute atomic E-state index is 12.2. The van der Waals surface area contributed by atoms with E-state index in [0.29, 0.717) is 24.0 Å². The summed E-state index contributed by atoms with van der Waals surface area (Å²) in [6.45, 7) is -0.980. The summed E-state index contributed by atoms with van der Waals surface area (Å²) < 4.78 is 41.5. The molecule has 0 radical (unpaired) electrons. The van der Waals surface area contributed by atoms with Crippen LogP contribution in [0.1, 0.15) is 30.4 Å². The van der Waals surface area contributed by atoms with Crippen LogP contribution in [0.3, 0.4) is 0 Å². The molecule has 8 heteroatoms. The van der Waals surface area contributed by atoms with Gasteiger partial charge in [-0.05, 0) is 25.0 Å². The average Bonchev–Trinajstić information content (AvgIpc) is 3.22. The molecule has 0 aliphatic heterocycles. The van der Waals surface area contributed by atoms with E-state index in [1.54, 1.807) is 18.2 Å². The number of H-pyrrole nitrogens is 1. The second kappa shape index (κ2) is 5.86. The third-order valence-electron chi connectivity index (χ3n) is 3.22. The predicted octanol–water partition coefficient (Wildman–Crippen LogP) is 3.24. The Hall–Kier alpha value is -2.25. The minimum atomic E-state index is -4.36. The van der Waals surface area contributed by atoms with Gasteiger partial charge in [0.2, 0.25) is 0 Å². The molecule has 1 fully saturated rings. The number of nitrogens with one attached hydrogen (secondary N) is 2. The SMILES string of the molecule is FC(F)(F)COc1ccccc1NCc1nc(C2CC2)n[nH]1. The van der Waals surface area contributed by atoms with Crippen LogP contribution in [0, 0.1) is 0 Å². The molecule has 1 aromatic carbocycles. The molecule has 1 aromatic heterocycles. The van der Waals surface area contributed by atoms with Gasteiger partial charge in [-0.3, -0.25) is 5.10 Å². The third-order valence-corrected chi connectivity index (χ3v) is 3.22. The Morgan fingerprint density at radius 3 is 2.77 bits per heavy atom. The Morgan fingerprint density at radius 2 is 2.05 bits per heavy atom. The molecular weight excluding hydrogens is 297 g/mol. The number of hydrogen-bond donors (Lipinski definition) is 2. The molecule has 2 N–H and O–H groups in total. The second-order valence-electron chi connectivity index (χ2n) is 5.17. The van der Waals surface area contributed by atoms with E-state index in [1.807, 2.05) is 0 Å². The first-order valence-electron chi connectivity index (χ1n) is 6.95. The molecule has 2 aromatic rings. The van der Waals surface area contributed by atoms with Crippen LogP contribution in [0.5, 0.6) is 5.75 Å². The average molecular weight is 312 g/mol. The van der Waals surface area contributed by atoms with E-state index < -0.39 is 12.8 Å². The number of rotatable bonds is 6. The number of aromatic amines is 1. The number of benzene rings is 1. The maximum Gasteiger partial charge on any atom is 0.422 e. The minimum absolute atomic E-state index is 0.154. The Bertz CT molecular complexity index is 637. The zero-order valence-electron chi connectivity index (χ0n) is 11.7. The Balaban J connectivity index is 1.61. The van der Waals surface area contributed by atoms with Gasteiger partial charge in [0, 0.05) is 5.92 Å². The Kier molecular flexibility index (Phi) is 3.91. The zero-order valence-corrected chi connectivity index (χ0v) is 11.7. The molecule has 0 spiro atoms. The smallest absolute Gasteiger partial charge is 0.422 e. The molecule has 1 aliphatic rings. The first kappa shape index (κ1) is 14.7. The van der Waals surface area contributed by atoms with Gasteiger partial charge in [0.15, 0.2) is 12.4 Å². The van der Waals surface area contributed by atoms with Gasteiger partial charge in [-0.2, -0.15) is 18.3 Å². The van der Waals surface area contributed by atoms with E-state index >= 15 is 0 Å². The number of anilines is 1. The van der Waals surface area contributed by atoms with E-state index in [0.717, 1.165) is 18.7 Å². The number of alkyl halides is 3. The van der Waals surface area contributed by atoms with Crippen LogP contribution in [0.2, 0.25) is 0 Å². The highest BCUT2D eigenvalue weighted by Crippen LogP contribution is 2.37. The number of nitrogens with zero attached hydrogens (tertiary/aromatic N) is 2. The summed E-state index contributed by atoms with van der Waals surface area (Å²) >= 11 is 0. The molecule has 0 atom stereocenters. The molecule has 0 unspecified atom stereocenters. The van der Waals surface area contributed by atoms with Gasteiger partial charge in [-0.15, -0.1) is 0 Å². The molecule has 0 saturated heterocycles. The molecular formula is C14H15F3N4O. The lowest BCUT2D eigenvalue weighted by Crippen LogP contribution is -2.19. The fourth-order valence-corrected chi connectivity index (χ4v) is 1.99. The highest BCUT2D eigenvalue weighted by Gasteiger charge is 2.29. The summed E-state index contributed by atoms with van der Waals surface area (Å²) in [5, 5.41) is 9.97. The summed E-state index contributed by atoms with van der Waals surface area (Å²) in [5.74, 6) is 2.06. The van der Waals surface area contributed by atoms with E-state index in [-0.39, 0.29) is 5.75 Å². The normalized spacial score (nSPS) is 14.9. The summed E-state index contributed by atoms with van der Waals surface area (Å²) in [4.78, 5) is 4.35. The highest BCUT2D eigenvalue weighted by atomic mass is 19.4. The molecule has 22 heavy (non-hydrogen) atoms. The second-order valence-corrected chi connectivity index (χ2v) is 5.17. The van der Waals surface area contributed by atoms with E-state index in [1.165, 1.54) is 6.07 Å². The van der Waals surface area contributed by atoms with Crippen LogP contribution in [0.15, 0.2) is 24.3 Å². The molecule has 1 aliphatic carbocycles. The van der Waals surface area contributed by atoms with Crippen LogP contribution < -0.4 is 10.1 Å². The Morgan fingerprint density at radius 1 is 1.27 bits per heavy atom. The van der Waals surface area contributed by atoms with Crippen molar-refractivity contribution in [2.24, 2.45) is 0 Å². The van der Waals surface area contributed by atoms with Crippen molar-refractivity contribution in [2.45, 2.75) is 31.5 Å². The van der Waals surface area contributed by atoms with Gasteiger partial charge < -0.3 is 10.1 Å². The number of aromatic nitrogens is 3. The predicted molar refractivity (Wildman–Crippen MR) is 73.7 cm³/mol. The van der Waals surface area contributed by atoms with Crippen LogP contribution in [-0.4, -0.2) is 28.0 Å². The Labute approximate surface area is 124 Å². The van der Waals surface area contributed by atoms with E-state index in [9.17, 15) is 13.2 Å². The van der Waals surface area contributed by atoms with Crippen molar-refractivity contribution < 1.29 is 17.9 Å². The zero-order chi connectivity index (χ0) is 15.6. The van der Waals surface area contributed by atoms with Gasteiger partial charge in [0.05, 0.1) is 12.2 Å². The van der Waals surface area contributed by atoms with Crippen molar-refractivity contribution in [2.75, 3.05) is 11.9 Å². The first-order valence-corrected chi connectivity index (χ1v) is 6.95. The molecule has 1 heterocycles. The number of hydrogen-bond acceptors (Lipinski definition) is 4. The lowest BCUT2D eigenvalue weighted by molar-refractivity contribution is -0.153. The summed E-state index contributed by atoms with van der Waals surface area (Å²) in [7, 11) is 0. The van der Waals surface area contributed by atoms with Crippen molar-refractivity contribution in [3.05, 3.63) is 35.9 Å². The van der Waals surface area contributed by atoms with Crippen LogP contribution in [0.4, 0.5) is 18.9 Å². The van der Waals surface area contributed by atoms with E-state index in [4.69, 9.17) is 4.74 Å². The molecule has 118 valence electrons. The minimum Gasteiger partial charge on any atom is -0.482 e. The number of para-hydroxylation sites is 2. The topological polar surface area (TPSA) is 62.8 Å². The van der Waals surface area contributed by atoms with Crippen molar-refractivity contribution in [1.82, 2.24) is 15.2 Å². The van der Waals surface area contributed by atoms with Crippen molar-refractivity contribution in [3.8, 4) is 5.75 Å². The van der Waals surface area contributed by atoms with Crippen LogP contribution in [0.25, 0.3) is 0 Å². The molecule has 3 rings (SSSR count). The largest absolute Gasteiger partial charge is 0.482 e. The molecule has 5 nitrogen and oxygen atoms in total. The molecule has 0 bridgehead atoms.